The van der Waals surface area contributed by atoms with Gasteiger partial charge in [-0.2, -0.15) is 5.10 Å². The van der Waals surface area contributed by atoms with Gasteiger partial charge in [0, 0.05) is 5.41 Å². The molecule has 0 atom stereocenters. The zero-order valence-electron chi connectivity index (χ0n) is 8.64. The lowest BCUT2D eigenvalue weighted by molar-refractivity contribution is 0.107. The highest BCUT2D eigenvalue weighted by atomic mass is 35.5. The van der Waals surface area contributed by atoms with Crippen LogP contribution in [0.3, 0.4) is 0 Å². The summed E-state index contributed by atoms with van der Waals surface area (Å²) >= 11 is 6.96. The van der Waals surface area contributed by atoms with Crippen LogP contribution in [0.1, 0.15) is 36.8 Å². The van der Waals surface area contributed by atoms with E-state index < -0.39 is 5.24 Å². The van der Waals surface area contributed by atoms with E-state index >= 15 is 0 Å². The van der Waals surface area contributed by atoms with Crippen molar-refractivity contribution in [3.05, 3.63) is 11.3 Å². The normalized spacial score (nSPS) is 11.8. The highest BCUT2D eigenvalue weighted by Crippen LogP contribution is 2.30. The van der Waals surface area contributed by atoms with Crippen LogP contribution in [0.4, 0.5) is 0 Å². The predicted molar refractivity (Wildman–Crippen MR) is 59.3 cm³/mol. The molecule has 5 heteroatoms. The van der Waals surface area contributed by atoms with E-state index in [1.807, 2.05) is 27.0 Å². The third-order valence-corrected chi connectivity index (χ3v) is 2.74. The molecular formula is C9H13ClN2OS. The van der Waals surface area contributed by atoms with Crippen molar-refractivity contribution < 1.29 is 4.79 Å². The molecule has 1 aromatic heterocycles. The Morgan fingerprint density at radius 1 is 1.50 bits per heavy atom. The maximum absolute atomic E-state index is 11.2. The highest BCUT2D eigenvalue weighted by molar-refractivity contribution is 7.98. The molecule has 0 bridgehead atoms. The van der Waals surface area contributed by atoms with Crippen LogP contribution in [0.5, 0.6) is 0 Å². The van der Waals surface area contributed by atoms with E-state index in [2.05, 4.69) is 10.2 Å². The minimum atomic E-state index is -0.451. The third-order valence-electron chi connectivity index (χ3n) is 1.84. The second-order valence-corrected chi connectivity index (χ2v) is 5.16. The fourth-order valence-corrected chi connectivity index (χ4v) is 1.97. The molecule has 0 aromatic carbocycles. The summed E-state index contributed by atoms with van der Waals surface area (Å²) in [6.45, 7) is 5.99. The van der Waals surface area contributed by atoms with Gasteiger partial charge < -0.3 is 0 Å². The molecule has 0 saturated heterocycles. The van der Waals surface area contributed by atoms with Crippen LogP contribution in [0.25, 0.3) is 0 Å². The number of aromatic nitrogens is 2. The van der Waals surface area contributed by atoms with Crippen molar-refractivity contribution in [1.82, 2.24) is 10.2 Å². The van der Waals surface area contributed by atoms with E-state index in [4.69, 9.17) is 11.6 Å². The Labute approximate surface area is 92.6 Å². The Kier molecular flexibility index (Phi) is 3.27. The van der Waals surface area contributed by atoms with Gasteiger partial charge in [-0.1, -0.05) is 20.8 Å². The van der Waals surface area contributed by atoms with Crippen LogP contribution >= 0.6 is 23.4 Å². The molecule has 78 valence electrons. The van der Waals surface area contributed by atoms with Gasteiger partial charge in [0.15, 0.2) is 0 Å². The number of thioether (sulfide) groups is 1. The average molecular weight is 233 g/mol. The number of hydrogen-bond acceptors (Lipinski definition) is 3. The van der Waals surface area contributed by atoms with Crippen LogP contribution < -0.4 is 0 Å². The minimum Gasteiger partial charge on any atom is -0.275 e. The van der Waals surface area contributed by atoms with Crippen LogP contribution in [-0.2, 0) is 5.41 Å². The van der Waals surface area contributed by atoms with E-state index in [1.54, 1.807) is 0 Å². The largest absolute Gasteiger partial charge is 0.275 e. The summed E-state index contributed by atoms with van der Waals surface area (Å²) in [5, 5.41) is 7.23. The number of H-pyrrole nitrogens is 1. The first-order valence-corrected chi connectivity index (χ1v) is 5.81. The van der Waals surface area contributed by atoms with Gasteiger partial charge in [0.1, 0.15) is 5.03 Å². The van der Waals surface area contributed by atoms with Crippen molar-refractivity contribution in [2.45, 2.75) is 31.2 Å². The Bertz CT molecular complexity index is 354. The zero-order chi connectivity index (χ0) is 10.9. The van der Waals surface area contributed by atoms with Crippen molar-refractivity contribution in [3.8, 4) is 0 Å². The van der Waals surface area contributed by atoms with E-state index in [1.165, 1.54) is 11.8 Å². The summed E-state index contributed by atoms with van der Waals surface area (Å²) in [6, 6.07) is 0. The molecule has 0 aliphatic rings. The summed E-state index contributed by atoms with van der Waals surface area (Å²) in [4.78, 5) is 11.2. The van der Waals surface area contributed by atoms with Crippen LogP contribution in [-0.4, -0.2) is 21.7 Å². The van der Waals surface area contributed by atoms with E-state index in [0.717, 1.165) is 10.7 Å². The van der Waals surface area contributed by atoms with Gasteiger partial charge in [0.05, 0.1) is 11.3 Å². The van der Waals surface area contributed by atoms with Crippen molar-refractivity contribution in [2.75, 3.05) is 6.26 Å². The number of carbonyl (C=O) groups is 1. The Hall–Kier alpha value is -0.480. The molecule has 0 aliphatic heterocycles. The van der Waals surface area contributed by atoms with E-state index in [0.29, 0.717) is 5.56 Å². The number of carbonyl (C=O) groups excluding carboxylic acids is 1. The Balaban J connectivity index is 3.32. The fraction of sp³-hybridized carbons (Fsp3) is 0.556. The van der Waals surface area contributed by atoms with Crippen LogP contribution in [0, 0.1) is 0 Å². The SMILES string of the molecule is CSc1[nH]nc(C(C)(C)C)c1C(=O)Cl. The van der Waals surface area contributed by atoms with Crippen LogP contribution in [0.2, 0.25) is 0 Å². The number of halogens is 1. The first-order chi connectivity index (χ1) is 6.38. The molecule has 1 aromatic rings. The Morgan fingerprint density at radius 2 is 2.07 bits per heavy atom. The van der Waals surface area contributed by atoms with Crippen molar-refractivity contribution in [1.29, 1.82) is 0 Å². The first kappa shape index (κ1) is 11.6. The molecule has 14 heavy (non-hydrogen) atoms. The molecule has 1 N–H and O–H groups in total. The van der Waals surface area contributed by atoms with E-state index in [-0.39, 0.29) is 5.41 Å². The number of aromatic amines is 1. The number of hydrogen-bond donors (Lipinski definition) is 1. The van der Waals surface area contributed by atoms with Gasteiger partial charge in [-0.05, 0) is 17.9 Å². The molecular weight excluding hydrogens is 220 g/mol. The molecule has 0 saturated carbocycles. The van der Waals surface area contributed by atoms with Gasteiger partial charge in [-0.3, -0.25) is 9.89 Å². The van der Waals surface area contributed by atoms with Gasteiger partial charge >= 0.3 is 0 Å². The second kappa shape index (κ2) is 3.95. The molecule has 0 amide bonds. The summed E-state index contributed by atoms with van der Waals surface area (Å²) in [5.74, 6) is 0. The standard InChI is InChI=1S/C9H13ClN2OS/c1-9(2,3)6-5(7(10)13)8(14-4)12-11-6/h1-4H3,(H,11,12). The molecule has 0 spiro atoms. The van der Waals surface area contributed by atoms with Gasteiger partial charge in [-0.25, -0.2) is 0 Å². The van der Waals surface area contributed by atoms with Gasteiger partial charge in [0.25, 0.3) is 5.24 Å². The molecule has 0 unspecified atom stereocenters. The minimum absolute atomic E-state index is 0.176. The fourth-order valence-electron chi connectivity index (χ4n) is 1.20. The van der Waals surface area contributed by atoms with E-state index in [9.17, 15) is 4.79 Å². The molecule has 1 rings (SSSR count). The topological polar surface area (TPSA) is 45.8 Å². The lowest BCUT2D eigenvalue weighted by Gasteiger charge is -2.16. The number of nitrogens with zero attached hydrogens (tertiary/aromatic N) is 1. The third kappa shape index (κ3) is 2.12. The number of rotatable bonds is 2. The summed E-state index contributed by atoms with van der Waals surface area (Å²) in [6.07, 6.45) is 1.88. The average Bonchev–Trinajstić information content (AvgIpc) is 2.45. The molecule has 0 aliphatic carbocycles. The lowest BCUT2D eigenvalue weighted by Crippen LogP contribution is -2.15. The van der Waals surface area contributed by atoms with Crippen molar-refractivity contribution in [2.24, 2.45) is 0 Å². The summed E-state index contributed by atoms with van der Waals surface area (Å²) in [7, 11) is 0. The lowest BCUT2D eigenvalue weighted by atomic mass is 9.90. The maximum Gasteiger partial charge on any atom is 0.257 e. The predicted octanol–water partition coefficient (Wildman–Crippen LogP) is 2.81. The number of nitrogens with one attached hydrogen (secondary N) is 1. The molecule has 1 heterocycles. The monoisotopic (exact) mass is 232 g/mol. The molecule has 0 fully saturated rings. The first-order valence-electron chi connectivity index (χ1n) is 4.20. The highest BCUT2D eigenvalue weighted by Gasteiger charge is 2.27. The molecule has 3 nitrogen and oxygen atoms in total. The van der Waals surface area contributed by atoms with Crippen molar-refractivity contribution in [3.63, 3.8) is 0 Å². The molecule has 0 radical (unpaired) electrons. The van der Waals surface area contributed by atoms with Gasteiger partial charge in [0.2, 0.25) is 0 Å². The van der Waals surface area contributed by atoms with Gasteiger partial charge in [-0.15, -0.1) is 11.8 Å². The Morgan fingerprint density at radius 3 is 2.43 bits per heavy atom. The maximum atomic E-state index is 11.2. The zero-order valence-corrected chi connectivity index (χ0v) is 10.2. The van der Waals surface area contributed by atoms with Crippen molar-refractivity contribution >= 4 is 28.6 Å². The summed E-state index contributed by atoms with van der Waals surface area (Å²) < 4.78 is 0. The second-order valence-electron chi connectivity index (χ2n) is 4.00. The summed E-state index contributed by atoms with van der Waals surface area (Å²) in [5.41, 5.74) is 1.05. The quantitative estimate of drug-likeness (QED) is 0.630. The van der Waals surface area contributed by atoms with Crippen LogP contribution in [0.15, 0.2) is 5.03 Å². The smallest absolute Gasteiger partial charge is 0.257 e.